The van der Waals surface area contributed by atoms with Crippen LogP contribution in [0.15, 0.2) is 54.6 Å². The molecule has 2 aromatic carbocycles. The molecule has 1 heterocycles. The monoisotopic (exact) mass is 481 g/mol. The van der Waals surface area contributed by atoms with Crippen molar-refractivity contribution in [3.63, 3.8) is 0 Å². The van der Waals surface area contributed by atoms with Gasteiger partial charge in [0.1, 0.15) is 23.6 Å². The van der Waals surface area contributed by atoms with E-state index in [4.69, 9.17) is 14.2 Å². The summed E-state index contributed by atoms with van der Waals surface area (Å²) in [6.07, 6.45) is 0.914. The summed E-state index contributed by atoms with van der Waals surface area (Å²) in [5, 5.41) is 0. The van der Waals surface area contributed by atoms with Crippen molar-refractivity contribution >= 4 is 12.1 Å². The third-order valence-corrected chi connectivity index (χ3v) is 5.76. The number of nitrogens with zero attached hydrogens (tertiary/aromatic N) is 1. The predicted molar refractivity (Wildman–Crippen MR) is 136 cm³/mol. The topological polar surface area (TPSA) is 65.1 Å². The molecule has 1 aliphatic rings. The van der Waals surface area contributed by atoms with Gasteiger partial charge in [-0.2, -0.15) is 0 Å². The fourth-order valence-electron chi connectivity index (χ4n) is 4.19. The number of hydrogen-bond acceptors (Lipinski definition) is 5. The Morgan fingerprint density at radius 3 is 2.23 bits per heavy atom. The third kappa shape index (κ3) is 8.61. The number of benzene rings is 2. The van der Waals surface area contributed by atoms with E-state index in [2.05, 4.69) is 0 Å². The number of carbonyl (C=O) groups is 2. The van der Waals surface area contributed by atoms with Crippen LogP contribution in [0, 0.1) is 11.8 Å². The van der Waals surface area contributed by atoms with E-state index in [0.717, 1.165) is 23.3 Å². The molecule has 1 fully saturated rings. The molecule has 3 rings (SSSR count). The molecule has 0 saturated carbocycles. The van der Waals surface area contributed by atoms with Crippen LogP contribution in [-0.4, -0.2) is 41.3 Å². The zero-order chi connectivity index (χ0) is 25.6. The second-order valence-corrected chi connectivity index (χ2v) is 11.2. The van der Waals surface area contributed by atoms with Crippen LogP contribution < -0.4 is 4.74 Å². The van der Waals surface area contributed by atoms with E-state index >= 15 is 0 Å². The van der Waals surface area contributed by atoms with E-state index in [9.17, 15) is 9.59 Å². The van der Waals surface area contributed by atoms with Crippen molar-refractivity contribution in [3.05, 3.63) is 65.7 Å². The highest BCUT2D eigenvalue weighted by molar-refractivity contribution is 5.74. The lowest BCUT2D eigenvalue weighted by molar-refractivity contribution is -0.161. The predicted octanol–water partition coefficient (Wildman–Crippen LogP) is 6.02. The zero-order valence-electron chi connectivity index (χ0n) is 21.9. The van der Waals surface area contributed by atoms with Gasteiger partial charge >= 0.3 is 12.1 Å². The number of carbonyl (C=O) groups excluding carboxylic acids is 2. The van der Waals surface area contributed by atoms with Crippen LogP contribution in [0.2, 0.25) is 0 Å². The van der Waals surface area contributed by atoms with E-state index in [0.29, 0.717) is 26.1 Å². The highest BCUT2D eigenvalue weighted by Crippen LogP contribution is 2.31. The molecule has 0 aromatic heterocycles. The van der Waals surface area contributed by atoms with Gasteiger partial charge in [0.05, 0.1) is 5.92 Å². The number of ether oxygens (including phenoxy) is 3. The van der Waals surface area contributed by atoms with Crippen molar-refractivity contribution in [3.8, 4) is 5.75 Å². The van der Waals surface area contributed by atoms with Gasteiger partial charge in [-0.1, -0.05) is 42.5 Å². The van der Waals surface area contributed by atoms with Gasteiger partial charge in [-0.05, 0) is 83.6 Å². The summed E-state index contributed by atoms with van der Waals surface area (Å²) in [6.45, 7) is 12.7. The summed E-state index contributed by atoms with van der Waals surface area (Å²) in [5.41, 5.74) is 0.958. The lowest BCUT2D eigenvalue weighted by atomic mass is 9.86. The Bertz CT molecular complexity index is 990. The summed E-state index contributed by atoms with van der Waals surface area (Å²) in [5.74, 6) is 0.150. The van der Waals surface area contributed by atoms with Crippen molar-refractivity contribution in [2.45, 2.75) is 72.2 Å². The van der Waals surface area contributed by atoms with Crippen LogP contribution in [0.4, 0.5) is 4.79 Å². The molecule has 0 N–H and O–H groups in total. The molecule has 6 nitrogen and oxygen atoms in total. The average molecular weight is 482 g/mol. The van der Waals surface area contributed by atoms with E-state index in [1.165, 1.54) is 0 Å². The first-order valence-electron chi connectivity index (χ1n) is 12.4. The molecule has 1 amide bonds. The summed E-state index contributed by atoms with van der Waals surface area (Å²) >= 11 is 0. The number of esters is 1. The molecule has 2 atom stereocenters. The number of hydrogen-bond donors (Lipinski definition) is 0. The first-order chi connectivity index (χ1) is 16.4. The van der Waals surface area contributed by atoms with E-state index in [-0.39, 0.29) is 23.9 Å². The fourth-order valence-corrected chi connectivity index (χ4v) is 4.19. The van der Waals surface area contributed by atoms with Gasteiger partial charge < -0.3 is 19.1 Å². The Kier molecular flexibility index (Phi) is 8.47. The Morgan fingerprint density at radius 1 is 0.914 bits per heavy atom. The minimum absolute atomic E-state index is 0.00809. The van der Waals surface area contributed by atoms with Crippen LogP contribution in [0.3, 0.4) is 0 Å². The second-order valence-electron chi connectivity index (χ2n) is 11.2. The third-order valence-electron chi connectivity index (χ3n) is 5.76. The van der Waals surface area contributed by atoms with Crippen LogP contribution >= 0.6 is 0 Å². The Labute approximate surface area is 209 Å². The molecule has 6 heteroatoms. The summed E-state index contributed by atoms with van der Waals surface area (Å²) in [4.78, 5) is 27.6. The van der Waals surface area contributed by atoms with Crippen LogP contribution in [0.1, 0.15) is 59.1 Å². The number of likely N-dealkylation sites (tertiary alicyclic amines) is 1. The van der Waals surface area contributed by atoms with Gasteiger partial charge in [-0.25, -0.2) is 4.79 Å². The molecule has 35 heavy (non-hydrogen) atoms. The van der Waals surface area contributed by atoms with Crippen LogP contribution in [0.25, 0.3) is 0 Å². The first kappa shape index (κ1) is 26.6. The van der Waals surface area contributed by atoms with Gasteiger partial charge in [-0.15, -0.1) is 0 Å². The van der Waals surface area contributed by atoms with Gasteiger partial charge in [-0.3, -0.25) is 4.79 Å². The molecule has 0 aliphatic carbocycles. The maximum Gasteiger partial charge on any atom is 0.410 e. The molecule has 1 saturated heterocycles. The first-order valence-corrected chi connectivity index (χ1v) is 12.4. The molecule has 0 spiro atoms. The zero-order valence-corrected chi connectivity index (χ0v) is 21.9. The van der Waals surface area contributed by atoms with Crippen LogP contribution in [-0.2, 0) is 27.3 Å². The van der Waals surface area contributed by atoms with Crippen molar-refractivity contribution < 1.29 is 23.8 Å². The smallest absolute Gasteiger partial charge is 0.410 e. The largest absolute Gasteiger partial charge is 0.489 e. The summed E-state index contributed by atoms with van der Waals surface area (Å²) in [6, 6.07) is 17.9. The molecule has 190 valence electrons. The highest BCUT2D eigenvalue weighted by Gasteiger charge is 2.39. The molecule has 1 aliphatic heterocycles. The Balaban J connectivity index is 1.72. The molecular weight excluding hydrogens is 442 g/mol. The van der Waals surface area contributed by atoms with Gasteiger partial charge in [0.15, 0.2) is 0 Å². The maximum absolute atomic E-state index is 13.3. The lowest BCUT2D eigenvalue weighted by Crippen LogP contribution is -2.38. The Morgan fingerprint density at radius 2 is 1.57 bits per heavy atom. The van der Waals surface area contributed by atoms with E-state index < -0.39 is 11.2 Å². The van der Waals surface area contributed by atoms with Crippen molar-refractivity contribution in [1.82, 2.24) is 4.90 Å². The van der Waals surface area contributed by atoms with Crippen molar-refractivity contribution in [2.75, 3.05) is 13.1 Å². The molecule has 2 unspecified atom stereocenters. The quantitative estimate of drug-likeness (QED) is 0.452. The van der Waals surface area contributed by atoms with E-state index in [1.54, 1.807) is 4.90 Å². The van der Waals surface area contributed by atoms with Gasteiger partial charge in [0.2, 0.25) is 0 Å². The second kappa shape index (κ2) is 11.1. The summed E-state index contributed by atoms with van der Waals surface area (Å²) in [7, 11) is 0. The van der Waals surface area contributed by atoms with Crippen LogP contribution in [0.5, 0.6) is 5.75 Å². The minimum Gasteiger partial charge on any atom is -0.489 e. The van der Waals surface area contributed by atoms with E-state index in [1.807, 2.05) is 96.1 Å². The minimum atomic E-state index is -0.584. The normalized spacial score (nSPS) is 17.1. The van der Waals surface area contributed by atoms with Gasteiger partial charge in [0.25, 0.3) is 0 Å². The number of amides is 1. The molecule has 2 aromatic rings. The van der Waals surface area contributed by atoms with Gasteiger partial charge in [0, 0.05) is 13.1 Å². The standard InChI is InChI=1S/C29H39NO5/c1-28(2,3)34-26(31)25(23-15-16-30(19-23)27(32)35-29(4,5)6)18-22-13-10-14-24(17-22)33-20-21-11-8-7-9-12-21/h7-14,17,23,25H,15-16,18-20H2,1-6H3. The SMILES string of the molecule is CC(C)(C)OC(=O)C(Cc1cccc(OCc2ccccc2)c1)C1CCN(C(=O)OC(C)(C)C)C1. The highest BCUT2D eigenvalue weighted by atomic mass is 16.6. The van der Waals surface area contributed by atoms with Crippen molar-refractivity contribution in [1.29, 1.82) is 0 Å². The molecule has 0 radical (unpaired) electrons. The lowest BCUT2D eigenvalue weighted by Gasteiger charge is -2.28. The molecular formula is C29H39NO5. The van der Waals surface area contributed by atoms with Crippen molar-refractivity contribution in [2.24, 2.45) is 11.8 Å². The average Bonchev–Trinajstić information content (AvgIpc) is 3.25. The maximum atomic E-state index is 13.3. The molecule has 0 bridgehead atoms. The fraction of sp³-hybridized carbons (Fsp3) is 0.517. The number of rotatable bonds is 7. The summed E-state index contributed by atoms with van der Waals surface area (Å²) < 4.78 is 17.3. The Hall–Kier alpha value is -3.02.